The Balaban J connectivity index is 2.16. The summed E-state index contributed by atoms with van der Waals surface area (Å²) in [5.41, 5.74) is 5.68. The van der Waals surface area contributed by atoms with Gasteiger partial charge in [-0.3, -0.25) is 4.79 Å². The van der Waals surface area contributed by atoms with Crippen LogP contribution >= 0.6 is 0 Å². The van der Waals surface area contributed by atoms with Crippen molar-refractivity contribution >= 4 is 11.9 Å². The Morgan fingerprint density at radius 2 is 1.83 bits per heavy atom. The van der Waals surface area contributed by atoms with Gasteiger partial charge in [0, 0.05) is 0 Å². The first-order valence-electron chi connectivity index (χ1n) is 6.59. The molecule has 2 aromatic rings. The van der Waals surface area contributed by atoms with Crippen LogP contribution in [0.1, 0.15) is 10.4 Å². The number of esters is 1. The van der Waals surface area contributed by atoms with E-state index in [1.165, 1.54) is 30.3 Å². The van der Waals surface area contributed by atoms with Crippen LogP contribution in [0.2, 0.25) is 0 Å². The minimum Gasteiger partial charge on any atom is -0.480 e. The summed E-state index contributed by atoms with van der Waals surface area (Å²) in [6, 6.07) is 7.89. The first-order chi connectivity index (χ1) is 10.9. The van der Waals surface area contributed by atoms with E-state index in [1.807, 2.05) is 0 Å². The Labute approximate surface area is 130 Å². The molecule has 0 aromatic heterocycles. The van der Waals surface area contributed by atoms with Gasteiger partial charge in [0.15, 0.2) is 0 Å². The number of carbonyl (C=O) groups excluding carboxylic acids is 1. The second-order valence-corrected chi connectivity index (χ2v) is 4.75. The van der Waals surface area contributed by atoms with Gasteiger partial charge in [0.2, 0.25) is 0 Å². The normalized spacial score (nSPS) is 11.8. The molecule has 0 radical (unpaired) electrons. The Hall–Kier alpha value is -2.80. The molecule has 7 heteroatoms. The van der Waals surface area contributed by atoms with Crippen molar-refractivity contribution in [3.63, 3.8) is 0 Å². The molecule has 0 fully saturated rings. The average molecular weight is 321 g/mol. The lowest BCUT2D eigenvalue weighted by molar-refractivity contribution is -0.139. The van der Waals surface area contributed by atoms with Gasteiger partial charge in [-0.15, -0.1) is 0 Å². The number of aliphatic carboxylic acids is 1. The molecule has 5 nitrogen and oxygen atoms in total. The van der Waals surface area contributed by atoms with E-state index in [0.29, 0.717) is 11.1 Å². The highest BCUT2D eigenvalue weighted by Crippen LogP contribution is 2.23. The first kappa shape index (κ1) is 16.6. The molecule has 0 aliphatic rings. The number of carboxylic acid groups (broad SMARTS) is 1. The fourth-order valence-electron chi connectivity index (χ4n) is 1.84. The zero-order chi connectivity index (χ0) is 17.0. The fourth-order valence-corrected chi connectivity index (χ4v) is 1.84. The molecule has 23 heavy (non-hydrogen) atoms. The monoisotopic (exact) mass is 321 g/mol. The minimum atomic E-state index is -1.38. The highest BCUT2D eigenvalue weighted by atomic mass is 19.1. The van der Waals surface area contributed by atoms with Crippen molar-refractivity contribution in [2.75, 3.05) is 6.61 Å². The van der Waals surface area contributed by atoms with Crippen LogP contribution in [0.25, 0.3) is 11.1 Å². The number of carboxylic acids is 1. The van der Waals surface area contributed by atoms with Gasteiger partial charge in [-0.05, 0) is 35.4 Å². The van der Waals surface area contributed by atoms with Gasteiger partial charge in [-0.2, -0.15) is 0 Å². The van der Waals surface area contributed by atoms with E-state index in [9.17, 15) is 18.4 Å². The lowest BCUT2D eigenvalue weighted by atomic mass is 10.0. The molecule has 0 saturated heterocycles. The number of hydrogen-bond acceptors (Lipinski definition) is 4. The van der Waals surface area contributed by atoms with Crippen LogP contribution in [0.4, 0.5) is 8.78 Å². The maximum atomic E-state index is 14.0. The standard InChI is InChI=1S/C16H13F2NO4/c17-11-3-1-2-9(6-11)10-4-5-12(13(18)7-10)16(22)23-8-14(19)15(20)21/h1-7,14H,8,19H2,(H,20,21)/t14-/m0/s1. The molecule has 0 amide bonds. The molecular formula is C16H13F2NO4. The van der Waals surface area contributed by atoms with Crippen molar-refractivity contribution in [3.05, 3.63) is 59.7 Å². The third-order valence-corrected chi connectivity index (χ3v) is 3.06. The van der Waals surface area contributed by atoms with Gasteiger partial charge in [0.1, 0.15) is 24.3 Å². The van der Waals surface area contributed by atoms with E-state index < -0.39 is 36.2 Å². The van der Waals surface area contributed by atoms with Gasteiger partial charge < -0.3 is 15.6 Å². The molecule has 0 unspecified atom stereocenters. The van der Waals surface area contributed by atoms with Crippen LogP contribution in [-0.2, 0) is 9.53 Å². The number of hydrogen-bond donors (Lipinski definition) is 2. The SMILES string of the molecule is N[C@@H](COC(=O)c1ccc(-c2cccc(F)c2)cc1F)C(=O)O. The van der Waals surface area contributed by atoms with Crippen LogP contribution in [-0.4, -0.2) is 29.7 Å². The minimum absolute atomic E-state index is 0.359. The molecule has 0 spiro atoms. The van der Waals surface area contributed by atoms with Gasteiger partial charge in [0.25, 0.3) is 0 Å². The number of benzene rings is 2. The third kappa shape index (κ3) is 4.10. The Kier molecular flexibility index (Phi) is 5.02. The molecule has 0 bridgehead atoms. The highest BCUT2D eigenvalue weighted by molar-refractivity contribution is 5.90. The van der Waals surface area contributed by atoms with Crippen molar-refractivity contribution in [1.82, 2.24) is 0 Å². The zero-order valence-corrected chi connectivity index (χ0v) is 11.8. The molecule has 2 rings (SSSR count). The van der Waals surface area contributed by atoms with Crippen LogP contribution < -0.4 is 5.73 Å². The summed E-state index contributed by atoms with van der Waals surface area (Å²) >= 11 is 0. The summed E-state index contributed by atoms with van der Waals surface area (Å²) in [6.45, 7) is -0.570. The van der Waals surface area contributed by atoms with Gasteiger partial charge in [-0.1, -0.05) is 18.2 Å². The van der Waals surface area contributed by atoms with Crippen LogP contribution in [0.15, 0.2) is 42.5 Å². The molecule has 0 heterocycles. The molecule has 1 atom stereocenters. The number of rotatable bonds is 5. The molecule has 0 aliphatic carbocycles. The summed E-state index contributed by atoms with van der Waals surface area (Å²) in [5, 5.41) is 8.58. The fraction of sp³-hybridized carbons (Fsp3) is 0.125. The number of ether oxygens (including phenoxy) is 1. The first-order valence-corrected chi connectivity index (χ1v) is 6.59. The maximum absolute atomic E-state index is 14.0. The summed E-state index contributed by atoms with van der Waals surface area (Å²) in [6.07, 6.45) is 0. The maximum Gasteiger partial charge on any atom is 0.341 e. The summed E-state index contributed by atoms with van der Waals surface area (Å²) in [4.78, 5) is 22.2. The quantitative estimate of drug-likeness (QED) is 0.824. The summed E-state index contributed by atoms with van der Waals surface area (Å²) in [7, 11) is 0. The van der Waals surface area contributed by atoms with Gasteiger partial charge in [0.05, 0.1) is 5.56 Å². The topological polar surface area (TPSA) is 89.6 Å². The number of nitrogens with two attached hydrogens (primary N) is 1. The molecule has 3 N–H and O–H groups in total. The Morgan fingerprint density at radius 1 is 1.13 bits per heavy atom. The second kappa shape index (κ2) is 6.97. The Bertz CT molecular complexity index is 749. The molecular weight excluding hydrogens is 308 g/mol. The van der Waals surface area contributed by atoms with Crippen molar-refractivity contribution in [1.29, 1.82) is 0 Å². The van der Waals surface area contributed by atoms with Crippen molar-refractivity contribution in [2.24, 2.45) is 5.73 Å². The summed E-state index contributed by atoms with van der Waals surface area (Å²) in [5.74, 6) is -3.68. The van der Waals surface area contributed by atoms with Crippen molar-refractivity contribution < 1.29 is 28.2 Å². The largest absolute Gasteiger partial charge is 0.480 e. The second-order valence-electron chi connectivity index (χ2n) is 4.75. The smallest absolute Gasteiger partial charge is 0.341 e. The summed E-state index contributed by atoms with van der Waals surface area (Å²) < 4.78 is 31.9. The molecule has 0 saturated carbocycles. The lowest BCUT2D eigenvalue weighted by Gasteiger charge is -2.09. The van der Waals surface area contributed by atoms with E-state index in [2.05, 4.69) is 4.74 Å². The van der Waals surface area contributed by atoms with E-state index in [0.717, 1.165) is 6.07 Å². The Morgan fingerprint density at radius 3 is 2.43 bits per heavy atom. The van der Waals surface area contributed by atoms with Crippen LogP contribution in [0, 0.1) is 11.6 Å². The van der Waals surface area contributed by atoms with Crippen LogP contribution in [0.5, 0.6) is 0 Å². The van der Waals surface area contributed by atoms with Crippen molar-refractivity contribution in [3.8, 4) is 11.1 Å². The van der Waals surface area contributed by atoms with E-state index >= 15 is 0 Å². The number of halogens is 2. The van der Waals surface area contributed by atoms with E-state index in [4.69, 9.17) is 10.8 Å². The van der Waals surface area contributed by atoms with E-state index in [1.54, 1.807) is 6.07 Å². The lowest BCUT2D eigenvalue weighted by Crippen LogP contribution is -2.35. The third-order valence-electron chi connectivity index (χ3n) is 3.06. The van der Waals surface area contributed by atoms with Crippen LogP contribution in [0.3, 0.4) is 0 Å². The van der Waals surface area contributed by atoms with Crippen molar-refractivity contribution in [2.45, 2.75) is 6.04 Å². The predicted molar refractivity (Wildman–Crippen MR) is 77.7 cm³/mol. The number of carbonyl (C=O) groups is 2. The highest BCUT2D eigenvalue weighted by Gasteiger charge is 2.18. The van der Waals surface area contributed by atoms with Gasteiger partial charge >= 0.3 is 11.9 Å². The molecule has 120 valence electrons. The zero-order valence-electron chi connectivity index (χ0n) is 11.8. The van der Waals surface area contributed by atoms with Gasteiger partial charge in [-0.25, -0.2) is 13.6 Å². The van der Waals surface area contributed by atoms with E-state index in [-0.39, 0.29) is 5.56 Å². The average Bonchev–Trinajstić information content (AvgIpc) is 2.52. The molecule has 2 aromatic carbocycles. The predicted octanol–water partition coefficient (Wildman–Crippen LogP) is 2.20. The molecule has 0 aliphatic heterocycles.